The van der Waals surface area contributed by atoms with Gasteiger partial charge in [-0.25, -0.2) is 4.39 Å². The third-order valence-corrected chi connectivity index (χ3v) is 4.05. The molecule has 1 atom stereocenters. The van der Waals surface area contributed by atoms with Crippen LogP contribution in [0.2, 0.25) is 0 Å². The number of hydrogen-bond donors (Lipinski definition) is 1. The standard InChI is InChI=1S/C19H21FN2O3/c1-13(15-5-8-17-18(9-15)25-12-24-17)21-19(23)11-22(2)10-14-3-6-16(20)7-4-14/h3-9,13H,10-12H2,1-2H3,(H,21,23)/t13-/m0/s1. The first kappa shape index (κ1) is 17.2. The maximum absolute atomic E-state index is 12.9. The Morgan fingerprint density at radius 2 is 1.92 bits per heavy atom. The number of nitrogens with one attached hydrogen (secondary N) is 1. The lowest BCUT2D eigenvalue weighted by Crippen LogP contribution is -2.36. The molecule has 132 valence electrons. The highest BCUT2D eigenvalue weighted by molar-refractivity contribution is 5.78. The van der Waals surface area contributed by atoms with E-state index in [0.29, 0.717) is 12.3 Å². The van der Waals surface area contributed by atoms with Crippen molar-refractivity contribution in [3.8, 4) is 11.5 Å². The molecular weight excluding hydrogens is 323 g/mol. The van der Waals surface area contributed by atoms with Crippen molar-refractivity contribution in [2.24, 2.45) is 0 Å². The van der Waals surface area contributed by atoms with Crippen LogP contribution in [0.15, 0.2) is 42.5 Å². The third-order valence-electron chi connectivity index (χ3n) is 4.05. The summed E-state index contributed by atoms with van der Waals surface area (Å²) in [7, 11) is 1.86. The van der Waals surface area contributed by atoms with Crippen molar-refractivity contribution >= 4 is 5.91 Å². The van der Waals surface area contributed by atoms with Crippen LogP contribution in [0.1, 0.15) is 24.1 Å². The molecule has 1 heterocycles. The van der Waals surface area contributed by atoms with Gasteiger partial charge in [-0.05, 0) is 49.4 Å². The zero-order valence-corrected chi connectivity index (χ0v) is 14.3. The molecule has 1 aliphatic heterocycles. The summed E-state index contributed by atoms with van der Waals surface area (Å²) in [5, 5.41) is 2.98. The zero-order valence-electron chi connectivity index (χ0n) is 14.3. The quantitative estimate of drug-likeness (QED) is 0.875. The van der Waals surface area contributed by atoms with Crippen LogP contribution < -0.4 is 14.8 Å². The molecule has 1 N–H and O–H groups in total. The fourth-order valence-corrected chi connectivity index (χ4v) is 2.76. The van der Waals surface area contributed by atoms with E-state index in [1.807, 2.05) is 37.1 Å². The van der Waals surface area contributed by atoms with E-state index in [1.165, 1.54) is 12.1 Å². The molecule has 0 radical (unpaired) electrons. The molecule has 0 spiro atoms. The van der Waals surface area contributed by atoms with Crippen molar-refractivity contribution in [1.29, 1.82) is 0 Å². The number of benzene rings is 2. The largest absolute Gasteiger partial charge is 0.454 e. The molecule has 1 aliphatic rings. The van der Waals surface area contributed by atoms with Gasteiger partial charge in [0.05, 0.1) is 12.6 Å². The molecule has 1 amide bonds. The van der Waals surface area contributed by atoms with Gasteiger partial charge in [-0.15, -0.1) is 0 Å². The van der Waals surface area contributed by atoms with E-state index >= 15 is 0 Å². The minimum atomic E-state index is -0.262. The number of halogens is 1. The molecule has 0 aromatic heterocycles. The van der Waals surface area contributed by atoms with Gasteiger partial charge in [0.2, 0.25) is 12.7 Å². The highest BCUT2D eigenvalue weighted by atomic mass is 19.1. The van der Waals surface area contributed by atoms with Crippen molar-refractivity contribution in [3.63, 3.8) is 0 Å². The molecule has 0 aliphatic carbocycles. The number of amides is 1. The molecular formula is C19H21FN2O3. The van der Waals surface area contributed by atoms with Crippen molar-refractivity contribution < 1.29 is 18.7 Å². The number of nitrogens with zero attached hydrogens (tertiary/aromatic N) is 1. The molecule has 0 bridgehead atoms. The summed E-state index contributed by atoms with van der Waals surface area (Å²) in [6, 6.07) is 11.8. The zero-order chi connectivity index (χ0) is 17.8. The minimum absolute atomic E-state index is 0.0743. The summed E-state index contributed by atoms with van der Waals surface area (Å²) < 4.78 is 23.6. The van der Waals surface area contributed by atoms with E-state index in [9.17, 15) is 9.18 Å². The topological polar surface area (TPSA) is 50.8 Å². The molecule has 0 saturated carbocycles. The number of hydrogen-bond acceptors (Lipinski definition) is 4. The molecule has 2 aromatic rings. The summed E-state index contributed by atoms with van der Waals surface area (Å²) in [5.41, 5.74) is 1.92. The number of carbonyl (C=O) groups is 1. The van der Waals surface area contributed by atoms with Crippen molar-refractivity contribution in [2.45, 2.75) is 19.5 Å². The minimum Gasteiger partial charge on any atom is -0.454 e. The lowest BCUT2D eigenvalue weighted by molar-refractivity contribution is -0.122. The van der Waals surface area contributed by atoms with Gasteiger partial charge in [0.25, 0.3) is 0 Å². The van der Waals surface area contributed by atoms with Gasteiger partial charge < -0.3 is 14.8 Å². The highest BCUT2D eigenvalue weighted by Gasteiger charge is 2.17. The van der Waals surface area contributed by atoms with Crippen LogP contribution in [0, 0.1) is 5.82 Å². The molecule has 0 fully saturated rings. The summed E-state index contributed by atoms with van der Waals surface area (Å²) in [4.78, 5) is 14.1. The Morgan fingerprint density at radius 3 is 2.68 bits per heavy atom. The van der Waals surface area contributed by atoms with Gasteiger partial charge in [0, 0.05) is 6.54 Å². The van der Waals surface area contributed by atoms with Gasteiger partial charge in [-0.1, -0.05) is 18.2 Å². The lowest BCUT2D eigenvalue weighted by Gasteiger charge is -2.19. The summed E-state index contributed by atoms with van der Waals surface area (Å²) in [5.74, 6) is 1.09. The Kier molecular flexibility index (Phi) is 5.19. The summed E-state index contributed by atoms with van der Waals surface area (Å²) in [6.07, 6.45) is 0. The van der Waals surface area contributed by atoms with Crippen LogP contribution in [0.5, 0.6) is 11.5 Å². The average Bonchev–Trinajstić information content (AvgIpc) is 3.04. The maximum Gasteiger partial charge on any atom is 0.234 e. The predicted octanol–water partition coefficient (Wildman–Crippen LogP) is 2.86. The van der Waals surface area contributed by atoms with Gasteiger partial charge in [0.1, 0.15) is 5.82 Å². The van der Waals surface area contributed by atoms with Crippen molar-refractivity contribution in [3.05, 3.63) is 59.4 Å². The van der Waals surface area contributed by atoms with E-state index in [0.717, 1.165) is 16.9 Å². The van der Waals surface area contributed by atoms with Gasteiger partial charge in [-0.2, -0.15) is 0 Å². The van der Waals surface area contributed by atoms with Crippen LogP contribution in [0.25, 0.3) is 0 Å². The number of carbonyl (C=O) groups excluding carboxylic acids is 1. The highest BCUT2D eigenvalue weighted by Crippen LogP contribution is 2.34. The summed E-state index contributed by atoms with van der Waals surface area (Å²) >= 11 is 0. The Balaban J connectivity index is 1.52. The number of fused-ring (bicyclic) bond motifs is 1. The van der Waals surface area contributed by atoms with Crippen molar-refractivity contribution in [1.82, 2.24) is 10.2 Å². The Labute approximate surface area is 146 Å². The van der Waals surface area contributed by atoms with Crippen LogP contribution in [-0.4, -0.2) is 31.2 Å². The summed E-state index contributed by atoms with van der Waals surface area (Å²) in [6.45, 7) is 2.99. The average molecular weight is 344 g/mol. The van der Waals surface area contributed by atoms with Gasteiger partial charge >= 0.3 is 0 Å². The number of likely N-dealkylation sites (N-methyl/N-ethyl adjacent to an activating group) is 1. The SMILES string of the molecule is C[C@H](NC(=O)CN(C)Cc1ccc(F)cc1)c1ccc2c(c1)OCO2. The van der Waals surface area contributed by atoms with Crippen LogP contribution in [0.4, 0.5) is 4.39 Å². The molecule has 5 nitrogen and oxygen atoms in total. The molecule has 0 saturated heterocycles. The second-order valence-electron chi connectivity index (χ2n) is 6.20. The first-order valence-corrected chi connectivity index (χ1v) is 8.13. The predicted molar refractivity (Wildman–Crippen MR) is 91.9 cm³/mol. The molecule has 0 unspecified atom stereocenters. The second-order valence-corrected chi connectivity index (χ2v) is 6.20. The maximum atomic E-state index is 12.9. The fraction of sp³-hybridized carbons (Fsp3) is 0.316. The van der Waals surface area contributed by atoms with Crippen molar-refractivity contribution in [2.75, 3.05) is 20.4 Å². The van der Waals surface area contributed by atoms with Crippen LogP contribution in [-0.2, 0) is 11.3 Å². The van der Waals surface area contributed by atoms with E-state index in [1.54, 1.807) is 12.1 Å². The smallest absolute Gasteiger partial charge is 0.234 e. The Bertz CT molecular complexity index is 749. The van der Waals surface area contributed by atoms with Gasteiger partial charge in [-0.3, -0.25) is 9.69 Å². The monoisotopic (exact) mass is 344 g/mol. The van der Waals surface area contributed by atoms with E-state index < -0.39 is 0 Å². The number of ether oxygens (including phenoxy) is 2. The Hall–Kier alpha value is -2.60. The second kappa shape index (κ2) is 7.53. The van der Waals surface area contributed by atoms with E-state index in [2.05, 4.69) is 5.32 Å². The first-order valence-electron chi connectivity index (χ1n) is 8.13. The first-order chi connectivity index (χ1) is 12.0. The Morgan fingerprint density at radius 1 is 1.20 bits per heavy atom. The fourth-order valence-electron chi connectivity index (χ4n) is 2.76. The third kappa shape index (κ3) is 4.48. The number of rotatable bonds is 6. The molecule has 3 rings (SSSR count). The van der Waals surface area contributed by atoms with E-state index in [4.69, 9.17) is 9.47 Å². The van der Waals surface area contributed by atoms with Crippen LogP contribution >= 0.6 is 0 Å². The molecule has 2 aromatic carbocycles. The normalized spacial score (nSPS) is 13.8. The van der Waals surface area contributed by atoms with Crippen LogP contribution in [0.3, 0.4) is 0 Å². The molecule has 6 heteroatoms. The van der Waals surface area contributed by atoms with Gasteiger partial charge in [0.15, 0.2) is 11.5 Å². The van der Waals surface area contributed by atoms with E-state index in [-0.39, 0.29) is 31.1 Å². The lowest BCUT2D eigenvalue weighted by atomic mass is 10.1. The molecule has 25 heavy (non-hydrogen) atoms.